The maximum Gasteiger partial charge on any atom is 0.0835 e. The maximum atomic E-state index is 6.25. The molecule has 1 heterocycles. The molecule has 2 aromatic rings. The van der Waals surface area contributed by atoms with Crippen molar-refractivity contribution in [2.45, 2.75) is 26.8 Å². The van der Waals surface area contributed by atoms with Gasteiger partial charge in [0, 0.05) is 20.3 Å². The van der Waals surface area contributed by atoms with E-state index >= 15 is 0 Å². The largest absolute Gasteiger partial charge is 0.377 e. The predicted molar refractivity (Wildman–Crippen MR) is 90.0 cm³/mol. The summed E-state index contributed by atoms with van der Waals surface area (Å²) in [6.07, 6.45) is 0. The molecule has 0 aliphatic rings. The Bertz CT molecular complexity index is 610. The van der Waals surface area contributed by atoms with Crippen molar-refractivity contribution in [3.05, 3.63) is 48.0 Å². The van der Waals surface area contributed by atoms with Crippen LogP contribution in [0.1, 0.15) is 28.3 Å². The summed E-state index contributed by atoms with van der Waals surface area (Å²) in [6.45, 7) is 6.39. The van der Waals surface area contributed by atoms with Gasteiger partial charge in [0.2, 0.25) is 0 Å². The Morgan fingerprint density at radius 1 is 1.21 bits per heavy atom. The second kappa shape index (κ2) is 6.04. The average molecular weight is 379 g/mol. The highest BCUT2D eigenvalue weighted by Crippen LogP contribution is 2.38. The second-order valence-electron chi connectivity index (χ2n) is 4.46. The van der Waals surface area contributed by atoms with Gasteiger partial charge in [-0.25, -0.2) is 0 Å². The molecule has 2 rings (SSSR count). The lowest BCUT2D eigenvalue weighted by molar-refractivity contribution is 0.882. The molecule has 19 heavy (non-hydrogen) atoms. The van der Waals surface area contributed by atoms with Crippen LogP contribution < -0.4 is 5.32 Å². The number of anilines is 1. The van der Waals surface area contributed by atoms with E-state index in [9.17, 15) is 0 Å². The Morgan fingerprint density at radius 2 is 1.89 bits per heavy atom. The van der Waals surface area contributed by atoms with E-state index in [-0.39, 0.29) is 6.04 Å². The standard InChI is InChI=1S/C14H14BrCl2NS/c1-7-6-10(9(3)19-7)8(2)18-12-5-4-11(15)13(16)14(12)17/h4-6,8,18H,1-3H3. The van der Waals surface area contributed by atoms with E-state index in [1.165, 1.54) is 15.3 Å². The van der Waals surface area contributed by atoms with Crippen molar-refractivity contribution in [2.24, 2.45) is 0 Å². The number of hydrogen-bond donors (Lipinski definition) is 1. The highest BCUT2D eigenvalue weighted by atomic mass is 79.9. The van der Waals surface area contributed by atoms with Crippen LogP contribution in [0.2, 0.25) is 10.0 Å². The zero-order valence-corrected chi connectivity index (χ0v) is 14.8. The molecule has 1 aromatic heterocycles. The average Bonchev–Trinajstić information content (AvgIpc) is 2.69. The van der Waals surface area contributed by atoms with E-state index < -0.39 is 0 Å². The van der Waals surface area contributed by atoms with Gasteiger partial charge in [-0.1, -0.05) is 23.2 Å². The lowest BCUT2D eigenvalue weighted by Crippen LogP contribution is -2.07. The van der Waals surface area contributed by atoms with Gasteiger partial charge in [0.25, 0.3) is 0 Å². The molecule has 0 amide bonds. The molecule has 0 aliphatic carbocycles. The van der Waals surface area contributed by atoms with Crippen LogP contribution in [0, 0.1) is 13.8 Å². The summed E-state index contributed by atoms with van der Waals surface area (Å²) in [6, 6.07) is 6.24. The Hall–Kier alpha value is -0.220. The van der Waals surface area contributed by atoms with Crippen LogP contribution in [0.4, 0.5) is 5.69 Å². The summed E-state index contributed by atoms with van der Waals surface area (Å²) in [5.74, 6) is 0. The third-order valence-corrected chi connectivity index (χ3v) is 5.71. The van der Waals surface area contributed by atoms with E-state index in [2.05, 4.69) is 48.1 Å². The summed E-state index contributed by atoms with van der Waals surface area (Å²) in [5.41, 5.74) is 2.16. The van der Waals surface area contributed by atoms with Gasteiger partial charge in [0.15, 0.2) is 0 Å². The molecule has 0 fully saturated rings. The number of hydrogen-bond acceptors (Lipinski definition) is 2. The van der Waals surface area contributed by atoms with E-state index in [1.807, 2.05) is 23.5 Å². The summed E-state index contributed by atoms with van der Waals surface area (Å²) in [4.78, 5) is 2.65. The van der Waals surface area contributed by atoms with Crippen LogP contribution in [0.25, 0.3) is 0 Å². The molecule has 1 nitrogen and oxygen atoms in total. The summed E-state index contributed by atoms with van der Waals surface area (Å²) < 4.78 is 0.805. The van der Waals surface area contributed by atoms with Crippen molar-refractivity contribution in [1.29, 1.82) is 0 Å². The molecule has 0 radical (unpaired) electrons. The van der Waals surface area contributed by atoms with Crippen LogP contribution in [0.3, 0.4) is 0 Å². The molecule has 0 aliphatic heterocycles. The summed E-state index contributed by atoms with van der Waals surface area (Å²) >= 11 is 17.6. The van der Waals surface area contributed by atoms with E-state index in [0.29, 0.717) is 10.0 Å². The van der Waals surface area contributed by atoms with E-state index in [4.69, 9.17) is 23.2 Å². The number of rotatable bonds is 3. The Morgan fingerprint density at radius 3 is 2.47 bits per heavy atom. The molecular formula is C14H14BrCl2NS. The first-order valence-corrected chi connectivity index (χ1v) is 8.23. The van der Waals surface area contributed by atoms with Gasteiger partial charge in [-0.15, -0.1) is 11.3 Å². The first-order chi connectivity index (χ1) is 8.90. The fourth-order valence-corrected chi connectivity index (χ4v) is 3.88. The number of nitrogens with one attached hydrogen (secondary N) is 1. The minimum absolute atomic E-state index is 0.194. The third kappa shape index (κ3) is 3.27. The Labute approximate surface area is 136 Å². The number of aryl methyl sites for hydroxylation is 2. The maximum absolute atomic E-state index is 6.25. The molecular weight excluding hydrogens is 365 g/mol. The lowest BCUT2D eigenvalue weighted by Gasteiger charge is -2.17. The van der Waals surface area contributed by atoms with Crippen LogP contribution in [0.5, 0.6) is 0 Å². The SMILES string of the molecule is Cc1cc(C(C)Nc2ccc(Br)c(Cl)c2Cl)c(C)s1. The first-order valence-electron chi connectivity index (χ1n) is 5.87. The summed E-state index contributed by atoms with van der Waals surface area (Å²) in [5, 5.41) is 4.51. The lowest BCUT2D eigenvalue weighted by atomic mass is 10.1. The van der Waals surface area contributed by atoms with Gasteiger partial charge in [-0.3, -0.25) is 0 Å². The molecule has 5 heteroatoms. The first kappa shape index (κ1) is 15.2. The minimum atomic E-state index is 0.194. The second-order valence-corrected chi connectivity index (χ2v) is 7.53. The number of thiophene rings is 1. The predicted octanol–water partition coefficient (Wildman–Crippen LogP) is 6.61. The van der Waals surface area contributed by atoms with Gasteiger partial charge in [0.05, 0.1) is 15.7 Å². The van der Waals surface area contributed by atoms with Crippen LogP contribution >= 0.6 is 50.5 Å². The van der Waals surface area contributed by atoms with Crippen LogP contribution in [0.15, 0.2) is 22.7 Å². The fraction of sp³-hybridized carbons (Fsp3) is 0.286. The topological polar surface area (TPSA) is 12.0 Å². The Kier molecular flexibility index (Phi) is 4.83. The molecule has 102 valence electrons. The van der Waals surface area contributed by atoms with E-state index in [1.54, 1.807) is 0 Å². The van der Waals surface area contributed by atoms with Crippen molar-refractivity contribution in [1.82, 2.24) is 0 Å². The highest BCUT2D eigenvalue weighted by Gasteiger charge is 2.14. The minimum Gasteiger partial charge on any atom is -0.377 e. The number of halogens is 3. The van der Waals surface area contributed by atoms with Gasteiger partial charge in [0.1, 0.15) is 0 Å². The van der Waals surface area contributed by atoms with Crippen molar-refractivity contribution < 1.29 is 0 Å². The van der Waals surface area contributed by atoms with Crippen molar-refractivity contribution in [2.75, 3.05) is 5.32 Å². The van der Waals surface area contributed by atoms with Gasteiger partial charge in [-0.05, 0) is 60.5 Å². The Balaban J connectivity index is 2.27. The molecule has 0 spiro atoms. The molecule has 1 aromatic carbocycles. The van der Waals surface area contributed by atoms with Gasteiger partial charge < -0.3 is 5.32 Å². The van der Waals surface area contributed by atoms with E-state index in [0.717, 1.165) is 10.2 Å². The van der Waals surface area contributed by atoms with Crippen LogP contribution in [-0.2, 0) is 0 Å². The van der Waals surface area contributed by atoms with Gasteiger partial charge in [-0.2, -0.15) is 0 Å². The quantitative estimate of drug-likeness (QED) is 0.592. The van der Waals surface area contributed by atoms with Crippen LogP contribution in [-0.4, -0.2) is 0 Å². The number of benzene rings is 1. The molecule has 0 saturated carbocycles. The molecule has 0 saturated heterocycles. The zero-order valence-electron chi connectivity index (χ0n) is 10.9. The van der Waals surface area contributed by atoms with Crippen molar-refractivity contribution in [3.8, 4) is 0 Å². The smallest absolute Gasteiger partial charge is 0.0835 e. The third-order valence-electron chi connectivity index (χ3n) is 2.95. The molecule has 1 unspecified atom stereocenters. The summed E-state index contributed by atoms with van der Waals surface area (Å²) in [7, 11) is 0. The van der Waals surface area contributed by atoms with Crippen molar-refractivity contribution >= 4 is 56.2 Å². The normalized spacial score (nSPS) is 12.5. The molecule has 1 atom stereocenters. The van der Waals surface area contributed by atoms with Gasteiger partial charge >= 0.3 is 0 Å². The van der Waals surface area contributed by atoms with Crippen molar-refractivity contribution in [3.63, 3.8) is 0 Å². The zero-order chi connectivity index (χ0) is 14.2. The molecule has 0 bridgehead atoms. The highest BCUT2D eigenvalue weighted by molar-refractivity contribution is 9.10. The fourth-order valence-electron chi connectivity index (χ4n) is 2.03. The monoisotopic (exact) mass is 377 g/mol. The molecule has 1 N–H and O–H groups in total.